The van der Waals surface area contributed by atoms with E-state index in [-0.39, 0.29) is 0 Å². The van der Waals surface area contributed by atoms with Crippen LogP contribution in [0.1, 0.15) is 18.1 Å². The van der Waals surface area contributed by atoms with E-state index in [1.54, 1.807) is 17.0 Å². The number of rotatable bonds is 4. The second-order valence-corrected chi connectivity index (χ2v) is 3.59. The lowest BCUT2D eigenvalue weighted by Crippen LogP contribution is -1.95. The monoisotopic (exact) mass is 214 g/mol. The number of aromatic nitrogens is 2. The Bertz CT molecular complexity index is 462. The van der Waals surface area contributed by atoms with Gasteiger partial charge in [0.25, 0.3) is 0 Å². The molecule has 0 aliphatic rings. The SMILES string of the molecule is C=CCC(O)c1cnn(-c2ccccc2)c1. The zero-order valence-corrected chi connectivity index (χ0v) is 8.95. The van der Waals surface area contributed by atoms with Crippen molar-refractivity contribution in [1.82, 2.24) is 9.78 Å². The lowest BCUT2D eigenvalue weighted by molar-refractivity contribution is 0.181. The molecule has 0 saturated heterocycles. The maximum atomic E-state index is 9.76. The van der Waals surface area contributed by atoms with Crippen LogP contribution in [-0.2, 0) is 0 Å². The summed E-state index contributed by atoms with van der Waals surface area (Å²) in [7, 11) is 0. The molecule has 3 heteroatoms. The molecule has 0 saturated carbocycles. The first kappa shape index (κ1) is 10.6. The lowest BCUT2D eigenvalue weighted by atomic mass is 10.1. The summed E-state index contributed by atoms with van der Waals surface area (Å²) in [5.74, 6) is 0. The van der Waals surface area contributed by atoms with Crippen LogP contribution in [-0.4, -0.2) is 14.9 Å². The molecule has 82 valence electrons. The smallest absolute Gasteiger partial charge is 0.0854 e. The number of hydrogen-bond acceptors (Lipinski definition) is 2. The first-order chi connectivity index (χ1) is 7.81. The largest absolute Gasteiger partial charge is 0.388 e. The minimum Gasteiger partial charge on any atom is -0.388 e. The Balaban J connectivity index is 2.23. The molecule has 2 aromatic rings. The molecule has 3 nitrogen and oxygen atoms in total. The molecule has 0 radical (unpaired) electrons. The standard InChI is InChI=1S/C13H14N2O/c1-2-6-13(16)11-9-14-15(10-11)12-7-4-3-5-8-12/h2-5,7-10,13,16H,1,6H2. The van der Waals surface area contributed by atoms with Crippen LogP contribution in [0, 0.1) is 0 Å². The van der Waals surface area contributed by atoms with Crippen LogP contribution in [0.2, 0.25) is 0 Å². The first-order valence-corrected chi connectivity index (χ1v) is 5.20. The molecule has 1 heterocycles. The fourth-order valence-corrected chi connectivity index (χ4v) is 1.52. The quantitative estimate of drug-likeness (QED) is 0.794. The maximum absolute atomic E-state index is 9.76. The van der Waals surface area contributed by atoms with Crippen LogP contribution < -0.4 is 0 Å². The van der Waals surface area contributed by atoms with Gasteiger partial charge in [0.05, 0.1) is 18.0 Å². The molecule has 1 atom stereocenters. The van der Waals surface area contributed by atoms with E-state index < -0.39 is 6.10 Å². The van der Waals surface area contributed by atoms with Crippen LogP contribution in [0.5, 0.6) is 0 Å². The highest BCUT2D eigenvalue weighted by Gasteiger charge is 2.08. The molecule has 0 spiro atoms. The van der Waals surface area contributed by atoms with Gasteiger partial charge in [0, 0.05) is 11.8 Å². The van der Waals surface area contributed by atoms with E-state index in [4.69, 9.17) is 0 Å². The molecule has 1 unspecified atom stereocenters. The zero-order valence-electron chi connectivity index (χ0n) is 8.95. The summed E-state index contributed by atoms with van der Waals surface area (Å²) in [5, 5.41) is 14.0. The third-order valence-electron chi connectivity index (χ3n) is 2.40. The lowest BCUT2D eigenvalue weighted by Gasteiger charge is -2.03. The molecule has 0 aliphatic carbocycles. The van der Waals surface area contributed by atoms with E-state index in [2.05, 4.69) is 11.7 Å². The van der Waals surface area contributed by atoms with Crippen LogP contribution in [0.3, 0.4) is 0 Å². The first-order valence-electron chi connectivity index (χ1n) is 5.20. The maximum Gasteiger partial charge on any atom is 0.0854 e. The number of hydrogen-bond donors (Lipinski definition) is 1. The van der Waals surface area contributed by atoms with Gasteiger partial charge in [-0.05, 0) is 18.6 Å². The fraction of sp³-hybridized carbons (Fsp3) is 0.154. The summed E-state index contributed by atoms with van der Waals surface area (Å²) in [6.07, 6.45) is 5.24. The Morgan fingerprint density at radius 2 is 2.12 bits per heavy atom. The van der Waals surface area contributed by atoms with E-state index in [0.29, 0.717) is 6.42 Å². The van der Waals surface area contributed by atoms with Gasteiger partial charge in [-0.15, -0.1) is 6.58 Å². The van der Waals surface area contributed by atoms with Gasteiger partial charge in [0.1, 0.15) is 0 Å². The van der Waals surface area contributed by atoms with Gasteiger partial charge in [-0.25, -0.2) is 4.68 Å². The van der Waals surface area contributed by atoms with Crippen LogP contribution in [0.25, 0.3) is 5.69 Å². The molecule has 0 aliphatic heterocycles. The predicted molar refractivity (Wildman–Crippen MR) is 63.3 cm³/mol. The van der Waals surface area contributed by atoms with Crippen molar-refractivity contribution in [2.75, 3.05) is 0 Å². The summed E-state index contributed by atoms with van der Waals surface area (Å²) < 4.78 is 1.75. The van der Waals surface area contributed by atoms with Crippen LogP contribution in [0.4, 0.5) is 0 Å². The third-order valence-corrected chi connectivity index (χ3v) is 2.40. The highest BCUT2D eigenvalue weighted by Crippen LogP contribution is 2.17. The van der Waals surface area contributed by atoms with Crippen molar-refractivity contribution >= 4 is 0 Å². The Morgan fingerprint density at radius 1 is 1.38 bits per heavy atom. The van der Waals surface area contributed by atoms with E-state index >= 15 is 0 Å². The molecule has 16 heavy (non-hydrogen) atoms. The Kier molecular flexibility index (Phi) is 3.17. The predicted octanol–water partition coefficient (Wildman–Crippen LogP) is 2.48. The number of benzene rings is 1. The average molecular weight is 214 g/mol. The number of aliphatic hydroxyl groups is 1. The number of aliphatic hydroxyl groups excluding tert-OH is 1. The topological polar surface area (TPSA) is 38.1 Å². The number of para-hydroxylation sites is 1. The van der Waals surface area contributed by atoms with E-state index in [1.807, 2.05) is 36.5 Å². The van der Waals surface area contributed by atoms with Gasteiger partial charge in [-0.2, -0.15) is 5.10 Å². The highest BCUT2D eigenvalue weighted by atomic mass is 16.3. The van der Waals surface area contributed by atoms with E-state index in [9.17, 15) is 5.11 Å². The molecule has 1 aromatic heterocycles. The van der Waals surface area contributed by atoms with Crippen molar-refractivity contribution in [3.05, 3.63) is 60.9 Å². The summed E-state index contributed by atoms with van der Waals surface area (Å²) in [5.41, 5.74) is 1.79. The summed E-state index contributed by atoms with van der Waals surface area (Å²) in [4.78, 5) is 0. The van der Waals surface area contributed by atoms with Gasteiger partial charge in [0.2, 0.25) is 0 Å². The van der Waals surface area contributed by atoms with Gasteiger partial charge < -0.3 is 5.11 Å². The van der Waals surface area contributed by atoms with Gasteiger partial charge >= 0.3 is 0 Å². The van der Waals surface area contributed by atoms with Crippen molar-refractivity contribution in [2.45, 2.75) is 12.5 Å². The van der Waals surface area contributed by atoms with Crippen molar-refractivity contribution in [3.63, 3.8) is 0 Å². The fourth-order valence-electron chi connectivity index (χ4n) is 1.52. The van der Waals surface area contributed by atoms with Crippen molar-refractivity contribution < 1.29 is 5.11 Å². The van der Waals surface area contributed by atoms with Gasteiger partial charge in [-0.3, -0.25) is 0 Å². The Labute approximate surface area is 94.7 Å². The van der Waals surface area contributed by atoms with Gasteiger partial charge in [-0.1, -0.05) is 24.3 Å². The van der Waals surface area contributed by atoms with Crippen molar-refractivity contribution in [3.8, 4) is 5.69 Å². The molecular weight excluding hydrogens is 200 g/mol. The van der Waals surface area contributed by atoms with Crippen LogP contribution in [0.15, 0.2) is 55.4 Å². The normalized spacial score (nSPS) is 12.3. The van der Waals surface area contributed by atoms with Crippen molar-refractivity contribution in [1.29, 1.82) is 0 Å². The van der Waals surface area contributed by atoms with E-state index in [1.165, 1.54) is 0 Å². The molecular formula is C13H14N2O. The molecule has 0 amide bonds. The summed E-state index contributed by atoms with van der Waals surface area (Å²) >= 11 is 0. The van der Waals surface area contributed by atoms with Gasteiger partial charge in [0.15, 0.2) is 0 Å². The van der Waals surface area contributed by atoms with Crippen molar-refractivity contribution in [2.24, 2.45) is 0 Å². The minimum absolute atomic E-state index is 0.519. The third kappa shape index (κ3) is 2.20. The summed E-state index contributed by atoms with van der Waals surface area (Å²) in [6, 6.07) is 9.81. The van der Waals surface area contributed by atoms with Crippen LogP contribution >= 0.6 is 0 Å². The zero-order chi connectivity index (χ0) is 11.4. The molecule has 0 bridgehead atoms. The highest BCUT2D eigenvalue weighted by molar-refractivity contribution is 5.31. The second-order valence-electron chi connectivity index (χ2n) is 3.59. The number of nitrogens with zero attached hydrogens (tertiary/aromatic N) is 2. The Morgan fingerprint density at radius 3 is 2.81 bits per heavy atom. The van der Waals surface area contributed by atoms with E-state index in [0.717, 1.165) is 11.3 Å². The molecule has 2 rings (SSSR count). The second kappa shape index (κ2) is 4.77. The summed E-state index contributed by atoms with van der Waals surface area (Å²) in [6.45, 7) is 3.60. The molecule has 1 N–H and O–H groups in total. The minimum atomic E-state index is -0.519. The molecule has 0 fully saturated rings. The average Bonchev–Trinajstić information content (AvgIpc) is 2.80. The Hall–Kier alpha value is -1.87. The molecule has 1 aromatic carbocycles.